The summed E-state index contributed by atoms with van der Waals surface area (Å²) < 4.78 is 6.59. The molecule has 1 aromatic rings. The number of nitrogens with one attached hydrogen (secondary N) is 2. The summed E-state index contributed by atoms with van der Waals surface area (Å²) in [7, 11) is 0. The van der Waals surface area contributed by atoms with E-state index in [1.165, 1.54) is 6.42 Å². The lowest BCUT2D eigenvalue weighted by Gasteiger charge is -2.35. The van der Waals surface area contributed by atoms with Crippen molar-refractivity contribution in [2.75, 3.05) is 13.2 Å². The number of hydrogen-bond acceptors (Lipinski definition) is 5. The van der Waals surface area contributed by atoms with Gasteiger partial charge < -0.3 is 25.4 Å². The van der Waals surface area contributed by atoms with Crippen LogP contribution in [0.3, 0.4) is 0 Å². The molecule has 2 bridgehead atoms. The van der Waals surface area contributed by atoms with Crippen LogP contribution in [-0.4, -0.2) is 69.5 Å². The molecule has 0 aromatic heterocycles. The lowest BCUT2D eigenvalue weighted by atomic mass is 9.70. The van der Waals surface area contributed by atoms with Crippen LogP contribution in [0.5, 0.6) is 0 Å². The van der Waals surface area contributed by atoms with E-state index in [-0.39, 0.29) is 35.2 Å². The third kappa shape index (κ3) is 5.26. The molecule has 3 amide bonds. The molecule has 4 fully saturated rings. The normalized spacial score (nSPS) is 32.4. The average molecular weight is 591 g/mol. The molecule has 1 saturated carbocycles. The van der Waals surface area contributed by atoms with Gasteiger partial charge in [-0.2, -0.15) is 0 Å². The second-order valence-electron chi connectivity index (χ2n) is 11.4. The fraction of sp³-hybridized carbons (Fsp3) is 0.690. The van der Waals surface area contributed by atoms with Gasteiger partial charge in [-0.15, -0.1) is 0 Å². The van der Waals surface area contributed by atoms with E-state index in [0.717, 1.165) is 56.9 Å². The van der Waals surface area contributed by atoms with Crippen LogP contribution in [0, 0.1) is 11.8 Å². The van der Waals surface area contributed by atoms with Crippen LogP contribution in [0.1, 0.15) is 69.8 Å². The van der Waals surface area contributed by atoms with Crippen molar-refractivity contribution in [2.45, 2.75) is 99.4 Å². The summed E-state index contributed by atoms with van der Waals surface area (Å²) >= 11 is 3.74. The van der Waals surface area contributed by atoms with Gasteiger partial charge in [0.25, 0.3) is 0 Å². The van der Waals surface area contributed by atoms with Crippen LogP contribution < -0.4 is 10.6 Å². The molecule has 6 atom stereocenters. The zero-order chi connectivity index (χ0) is 26.7. The number of alkyl halides is 1. The quantitative estimate of drug-likeness (QED) is 0.271. The Morgan fingerprint density at radius 2 is 1.79 bits per heavy atom. The minimum absolute atomic E-state index is 0.103. The summed E-state index contributed by atoms with van der Waals surface area (Å²) in [5.74, 6) is -1.80. The molecular formula is C29H40BrN3O5. The molecule has 4 aliphatic rings. The molecule has 1 spiro atoms. The number of unbranched alkanes of at least 4 members (excludes halogenated alkanes) is 3. The van der Waals surface area contributed by atoms with Crippen molar-refractivity contribution in [1.82, 2.24) is 15.5 Å². The van der Waals surface area contributed by atoms with Crippen LogP contribution in [0.15, 0.2) is 30.3 Å². The number of halogens is 1. The predicted octanol–water partition coefficient (Wildman–Crippen LogP) is 3.05. The van der Waals surface area contributed by atoms with Crippen LogP contribution >= 0.6 is 15.9 Å². The Morgan fingerprint density at radius 1 is 1.05 bits per heavy atom. The Bertz CT molecular complexity index is 1000. The van der Waals surface area contributed by atoms with Crippen LogP contribution in [0.4, 0.5) is 0 Å². The number of carbonyl (C=O) groups is 3. The molecule has 3 saturated heterocycles. The van der Waals surface area contributed by atoms with Gasteiger partial charge in [-0.25, -0.2) is 0 Å². The molecule has 3 N–H and O–H groups in total. The van der Waals surface area contributed by atoms with E-state index in [0.29, 0.717) is 19.5 Å². The summed E-state index contributed by atoms with van der Waals surface area (Å²) in [6.07, 6.45) is 8.60. The average Bonchev–Trinajstić information content (AvgIpc) is 3.51. The number of likely N-dealkylation sites (tertiary alicyclic amines) is 1. The van der Waals surface area contributed by atoms with Crippen LogP contribution in [0.25, 0.3) is 0 Å². The summed E-state index contributed by atoms with van der Waals surface area (Å²) in [5.41, 5.74) is -0.0175. The van der Waals surface area contributed by atoms with Crippen molar-refractivity contribution in [3.8, 4) is 0 Å². The van der Waals surface area contributed by atoms with E-state index < -0.39 is 29.6 Å². The molecule has 38 heavy (non-hydrogen) atoms. The van der Waals surface area contributed by atoms with Gasteiger partial charge in [0.15, 0.2) is 0 Å². The van der Waals surface area contributed by atoms with Crippen molar-refractivity contribution in [3.63, 3.8) is 0 Å². The number of hydrogen-bond donors (Lipinski definition) is 3. The van der Waals surface area contributed by atoms with E-state index in [4.69, 9.17) is 9.84 Å². The molecule has 3 unspecified atom stereocenters. The van der Waals surface area contributed by atoms with E-state index in [1.54, 1.807) is 4.90 Å². The van der Waals surface area contributed by atoms with Crippen molar-refractivity contribution >= 4 is 33.7 Å². The summed E-state index contributed by atoms with van der Waals surface area (Å²) in [4.78, 5) is 43.1. The summed E-state index contributed by atoms with van der Waals surface area (Å²) in [6.45, 7) is 0.983. The van der Waals surface area contributed by atoms with E-state index in [9.17, 15) is 14.4 Å². The third-order valence-corrected chi connectivity index (χ3v) is 9.75. The lowest BCUT2D eigenvalue weighted by molar-refractivity contribution is -0.142. The first kappa shape index (κ1) is 27.6. The monoisotopic (exact) mass is 589 g/mol. The molecule has 5 rings (SSSR count). The van der Waals surface area contributed by atoms with Crippen LogP contribution in [0.2, 0.25) is 0 Å². The second kappa shape index (κ2) is 12.0. The van der Waals surface area contributed by atoms with Crippen LogP contribution in [-0.2, 0) is 25.7 Å². The van der Waals surface area contributed by atoms with Gasteiger partial charge in [-0.1, -0.05) is 78.4 Å². The molecule has 1 aliphatic carbocycles. The molecule has 1 aromatic carbocycles. The Kier molecular flexibility index (Phi) is 8.75. The number of rotatable bonds is 11. The number of fused-ring (bicyclic) bond motifs is 1. The molecule has 3 heterocycles. The van der Waals surface area contributed by atoms with Gasteiger partial charge >= 0.3 is 0 Å². The maximum atomic E-state index is 14.0. The predicted molar refractivity (Wildman–Crippen MR) is 146 cm³/mol. The number of amides is 3. The highest BCUT2D eigenvalue weighted by Gasteiger charge is 2.76. The molecular weight excluding hydrogens is 550 g/mol. The number of aliphatic hydroxyl groups excluding tert-OH is 1. The first-order chi connectivity index (χ1) is 18.5. The maximum absolute atomic E-state index is 14.0. The second-order valence-corrected chi connectivity index (χ2v) is 12.6. The smallest absolute Gasteiger partial charge is 0.246 e. The Morgan fingerprint density at radius 3 is 2.53 bits per heavy atom. The summed E-state index contributed by atoms with van der Waals surface area (Å²) in [5, 5.41) is 15.4. The number of benzene rings is 1. The van der Waals surface area contributed by atoms with Gasteiger partial charge in [0, 0.05) is 30.6 Å². The van der Waals surface area contributed by atoms with E-state index >= 15 is 0 Å². The first-order valence-electron chi connectivity index (χ1n) is 14.3. The minimum Gasteiger partial charge on any atom is -0.396 e. The SMILES string of the molecule is O=C(NC1CCCCC1)C1N(CCCCCCO)C(=O)[C@@H]2[C@@H](C(=O)NCc3ccccc3)[C@@H]3OC12CC3Br. The van der Waals surface area contributed by atoms with Crippen molar-refractivity contribution in [3.05, 3.63) is 35.9 Å². The van der Waals surface area contributed by atoms with Gasteiger partial charge in [-0.05, 0) is 37.7 Å². The van der Waals surface area contributed by atoms with Crippen molar-refractivity contribution < 1.29 is 24.2 Å². The Hall–Kier alpha value is -1.97. The zero-order valence-electron chi connectivity index (χ0n) is 21.9. The standard InChI is InChI=1S/C29H40BrN3O5/c30-21-17-29-23(22(24(21)38-29)26(35)31-18-19-11-5-3-6-12-19)28(37)33(15-9-1-2-10-16-34)25(29)27(36)32-20-13-7-4-8-14-20/h3,5-6,11-12,20-25,34H,1-2,4,7-10,13-18H2,(H,31,35)(H,32,36)/t21?,22-,23+,24-,25?,29?/m1/s1. The summed E-state index contributed by atoms with van der Waals surface area (Å²) in [6, 6.07) is 9.09. The van der Waals surface area contributed by atoms with Gasteiger partial charge in [-0.3, -0.25) is 14.4 Å². The first-order valence-corrected chi connectivity index (χ1v) is 15.2. The minimum atomic E-state index is -1.01. The molecule has 208 valence electrons. The highest BCUT2D eigenvalue weighted by atomic mass is 79.9. The largest absolute Gasteiger partial charge is 0.396 e. The topological polar surface area (TPSA) is 108 Å². The number of ether oxygens (including phenoxy) is 1. The fourth-order valence-corrected chi connectivity index (χ4v) is 8.09. The maximum Gasteiger partial charge on any atom is 0.246 e. The third-order valence-electron chi connectivity index (χ3n) is 8.91. The number of aliphatic hydroxyl groups is 1. The Labute approximate surface area is 233 Å². The Balaban J connectivity index is 1.37. The van der Waals surface area contributed by atoms with E-state index in [2.05, 4.69) is 26.6 Å². The van der Waals surface area contributed by atoms with Crippen molar-refractivity contribution in [1.29, 1.82) is 0 Å². The van der Waals surface area contributed by atoms with Gasteiger partial charge in [0.2, 0.25) is 17.7 Å². The molecule has 8 nitrogen and oxygen atoms in total. The lowest BCUT2D eigenvalue weighted by Crippen LogP contribution is -2.57. The number of nitrogens with zero attached hydrogens (tertiary/aromatic N) is 1. The molecule has 0 radical (unpaired) electrons. The van der Waals surface area contributed by atoms with E-state index in [1.807, 2.05) is 30.3 Å². The fourth-order valence-electron chi connectivity index (χ4n) is 7.15. The zero-order valence-corrected chi connectivity index (χ0v) is 23.5. The van der Waals surface area contributed by atoms with Gasteiger partial charge in [0.05, 0.1) is 17.9 Å². The highest BCUT2D eigenvalue weighted by molar-refractivity contribution is 9.09. The molecule has 3 aliphatic heterocycles. The van der Waals surface area contributed by atoms with Gasteiger partial charge in [0.1, 0.15) is 11.6 Å². The highest BCUT2D eigenvalue weighted by Crippen LogP contribution is 2.60. The molecule has 9 heteroatoms. The van der Waals surface area contributed by atoms with Crippen molar-refractivity contribution in [2.24, 2.45) is 11.8 Å². The number of carbonyl (C=O) groups excluding carboxylic acids is 3.